The van der Waals surface area contributed by atoms with Gasteiger partial charge in [0.15, 0.2) is 0 Å². The van der Waals surface area contributed by atoms with Crippen LogP contribution in [0.4, 0.5) is 4.79 Å². The summed E-state index contributed by atoms with van der Waals surface area (Å²) in [5.41, 5.74) is -0.141. The molecule has 114 valence electrons. The third-order valence-corrected chi connectivity index (χ3v) is 5.02. The molecule has 6 nitrogen and oxygen atoms in total. The number of rotatable bonds is 4. The van der Waals surface area contributed by atoms with Gasteiger partial charge in [-0.15, -0.1) is 0 Å². The number of nitrogens with zero attached hydrogens (tertiary/aromatic N) is 2. The average Bonchev–Trinajstić information content (AvgIpc) is 3.09. The molecular weight excluding hydrogens is 302 g/mol. The minimum Gasteiger partial charge on any atom is -0.492 e. The summed E-state index contributed by atoms with van der Waals surface area (Å²) in [4.78, 5) is 25.6. The fourth-order valence-corrected chi connectivity index (χ4v) is 3.92. The maximum absolute atomic E-state index is 12.4. The summed E-state index contributed by atoms with van der Waals surface area (Å²) in [5, 5.41) is 11.5. The maximum Gasteiger partial charge on any atom is 0.325 e. The largest absolute Gasteiger partial charge is 0.492 e. The van der Waals surface area contributed by atoms with Crippen LogP contribution in [0.2, 0.25) is 0 Å². The summed E-state index contributed by atoms with van der Waals surface area (Å²) in [6, 6.07) is 8.40. The van der Waals surface area contributed by atoms with E-state index >= 15 is 0 Å². The summed E-state index contributed by atoms with van der Waals surface area (Å²) in [5.74, 6) is 2.00. The highest BCUT2D eigenvalue weighted by Crippen LogP contribution is 2.33. The molecule has 1 N–H and O–H groups in total. The van der Waals surface area contributed by atoms with Crippen LogP contribution in [0.3, 0.4) is 0 Å². The van der Waals surface area contributed by atoms with E-state index in [1.165, 1.54) is 4.90 Å². The number of hydrogen-bond acceptors (Lipinski definition) is 5. The molecule has 1 spiro atoms. The highest BCUT2D eigenvalue weighted by molar-refractivity contribution is 7.99. The van der Waals surface area contributed by atoms with E-state index in [0.717, 1.165) is 5.75 Å². The molecule has 22 heavy (non-hydrogen) atoms. The first-order valence-corrected chi connectivity index (χ1v) is 8.15. The molecule has 2 heterocycles. The van der Waals surface area contributed by atoms with Crippen molar-refractivity contribution in [2.45, 2.75) is 12.0 Å². The minimum absolute atomic E-state index is 0.147. The Morgan fingerprint density at radius 2 is 2.14 bits per heavy atom. The molecule has 2 saturated heterocycles. The highest BCUT2D eigenvalue weighted by Gasteiger charge is 2.52. The van der Waals surface area contributed by atoms with E-state index in [2.05, 4.69) is 5.32 Å². The first-order valence-electron chi connectivity index (χ1n) is 6.99. The molecule has 1 aromatic carbocycles. The van der Waals surface area contributed by atoms with Gasteiger partial charge in [-0.25, -0.2) is 4.79 Å². The predicted octanol–water partition coefficient (Wildman–Crippen LogP) is 1.36. The zero-order chi connectivity index (χ0) is 15.6. The van der Waals surface area contributed by atoms with E-state index in [4.69, 9.17) is 10.00 Å². The zero-order valence-electron chi connectivity index (χ0n) is 11.9. The number of thioether (sulfide) groups is 1. The van der Waals surface area contributed by atoms with Gasteiger partial charge in [0.1, 0.15) is 17.9 Å². The molecule has 7 heteroatoms. The molecule has 2 aliphatic rings. The SMILES string of the molecule is N#Cc1ccc(OCCN2C(=O)N[C@@]3(CCSC3)C2=O)cc1. The summed E-state index contributed by atoms with van der Waals surface area (Å²) in [7, 11) is 0. The third kappa shape index (κ3) is 2.62. The molecule has 3 amide bonds. The molecule has 0 aromatic heterocycles. The van der Waals surface area contributed by atoms with Gasteiger partial charge >= 0.3 is 6.03 Å². The lowest BCUT2D eigenvalue weighted by Gasteiger charge is -2.19. The van der Waals surface area contributed by atoms with Gasteiger partial charge in [0.05, 0.1) is 18.2 Å². The number of carbonyl (C=O) groups excluding carboxylic acids is 2. The maximum atomic E-state index is 12.4. The second kappa shape index (κ2) is 5.89. The van der Waals surface area contributed by atoms with Crippen LogP contribution in [0.1, 0.15) is 12.0 Å². The van der Waals surface area contributed by atoms with E-state index in [-0.39, 0.29) is 25.1 Å². The molecule has 0 saturated carbocycles. The summed E-state index contributed by atoms with van der Waals surface area (Å²) in [6.07, 6.45) is 0.690. The van der Waals surface area contributed by atoms with Gasteiger partial charge in [-0.05, 0) is 36.4 Å². The van der Waals surface area contributed by atoms with Crippen molar-refractivity contribution in [1.29, 1.82) is 5.26 Å². The van der Waals surface area contributed by atoms with Gasteiger partial charge in [-0.2, -0.15) is 17.0 Å². The summed E-state index contributed by atoms with van der Waals surface area (Å²) in [6.45, 7) is 0.450. The van der Waals surface area contributed by atoms with Crippen LogP contribution in [0.5, 0.6) is 5.75 Å². The standard InChI is InChI=1S/C15H15N3O3S/c16-9-11-1-3-12(4-2-11)21-7-6-18-13(19)15(17-14(18)20)5-8-22-10-15/h1-4H,5-8,10H2,(H,17,20)/t15-/m1/s1. The first-order chi connectivity index (χ1) is 10.6. The van der Waals surface area contributed by atoms with Crippen LogP contribution >= 0.6 is 11.8 Å². The molecule has 0 bridgehead atoms. The summed E-state index contributed by atoms with van der Waals surface area (Å²) < 4.78 is 5.53. The molecule has 2 fully saturated rings. The Morgan fingerprint density at radius 1 is 1.36 bits per heavy atom. The number of ether oxygens (including phenoxy) is 1. The van der Waals surface area contributed by atoms with Crippen molar-refractivity contribution < 1.29 is 14.3 Å². The molecule has 1 atom stereocenters. The monoisotopic (exact) mass is 317 g/mol. The second-order valence-corrected chi connectivity index (χ2v) is 6.36. The fourth-order valence-electron chi connectivity index (χ4n) is 2.59. The Balaban J connectivity index is 1.56. The van der Waals surface area contributed by atoms with E-state index in [0.29, 0.717) is 23.5 Å². The van der Waals surface area contributed by atoms with E-state index in [1.54, 1.807) is 36.0 Å². The number of nitriles is 1. The number of amides is 3. The average molecular weight is 317 g/mol. The van der Waals surface area contributed by atoms with Gasteiger partial charge in [0.25, 0.3) is 5.91 Å². The fraction of sp³-hybridized carbons (Fsp3) is 0.400. The van der Waals surface area contributed by atoms with Crippen LogP contribution < -0.4 is 10.1 Å². The Bertz CT molecular complexity index is 632. The van der Waals surface area contributed by atoms with Gasteiger partial charge in [-0.1, -0.05) is 0 Å². The third-order valence-electron chi connectivity index (χ3n) is 3.83. The lowest BCUT2D eigenvalue weighted by atomic mass is 9.99. The molecule has 2 aliphatic heterocycles. The molecule has 0 aliphatic carbocycles. The van der Waals surface area contributed by atoms with E-state index in [9.17, 15) is 9.59 Å². The predicted molar refractivity (Wildman–Crippen MR) is 81.6 cm³/mol. The van der Waals surface area contributed by atoms with Gasteiger partial charge in [0.2, 0.25) is 0 Å². The number of carbonyl (C=O) groups is 2. The van der Waals surface area contributed by atoms with Crippen molar-refractivity contribution in [3.05, 3.63) is 29.8 Å². The molecule has 1 aromatic rings. The van der Waals surface area contributed by atoms with E-state index in [1.807, 2.05) is 6.07 Å². The minimum atomic E-state index is -0.698. The molecular formula is C15H15N3O3S. The van der Waals surface area contributed by atoms with Crippen molar-refractivity contribution in [2.24, 2.45) is 0 Å². The Hall–Kier alpha value is -2.20. The molecule has 3 rings (SSSR count). The van der Waals surface area contributed by atoms with Gasteiger partial charge < -0.3 is 10.1 Å². The van der Waals surface area contributed by atoms with E-state index < -0.39 is 5.54 Å². The number of nitrogens with one attached hydrogen (secondary N) is 1. The first kappa shape index (κ1) is 14.7. The lowest BCUT2D eigenvalue weighted by molar-refractivity contribution is -0.130. The zero-order valence-corrected chi connectivity index (χ0v) is 12.7. The van der Waals surface area contributed by atoms with Crippen LogP contribution in [-0.4, -0.2) is 47.0 Å². The van der Waals surface area contributed by atoms with Crippen molar-refractivity contribution in [3.63, 3.8) is 0 Å². The molecule has 0 unspecified atom stereocenters. The van der Waals surface area contributed by atoms with Crippen molar-refractivity contribution in [2.75, 3.05) is 24.7 Å². The smallest absolute Gasteiger partial charge is 0.325 e. The number of benzene rings is 1. The van der Waals surface area contributed by atoms with Crippen LogP contribution in [-0.2, 0) is 4.79 Å². The Morgan fingerprint density at radius 3 is 2.77 bits per heavy atom. The Labute approximate surface area is 132 Å². The highest BCUT2D eigenvalue weighted by atomic mass is 32.2. The van der Waals surface area contributed by atoms with Crippen molar-refractivity contribution in [3.8, 4) is 11.8 Å². The lowest BCUT2D eigenvalue weighted by Crippen LogP contribution is -2.47. The second-order valence-electron chi connectivity index (χ2n) is 5.26. The Kier molecular flexibility index (Phi) is 3.94. The van der Waals surface area contributed by atoms with Gasteiger partial charge in [-0.3, -0.25) is 9.69 Å². The number of urea groups is 1. The van der Waals surface area contributed by atoms with Crippen LogP contribution in [0.15, 0.2) is 24.3 Å². The number of hydrogen-bond donors (Lipinski definition) is 1. The topological polar surface area (TPSA) is 82.4 Å². The van der Waals surface area contributed by atoms with Gasteiger partial charge in [0, 0.05) is 5.75 Å². The molecule has 0 radical (unpaired) electrons. The van der Waals surface area contributed by atoms with Crippen LogP contribution in [0, 0.1) is 11.3 Å². The summed E-state index contributed by atoms with van der Waals surface area (Å²) >= 11 is 1.68. The van der Waals surface area contributed by atoms with Crippen LogP contribution in [0.25, 0.3) is 0 Å². The number of imide groups is 1. The van der Waals surface area contributed by atoms with Crippen molar-refractivity contribution >= 4 is 23.7 Å². The van der Waals surface area contributed by atoms with Crippen molar-refractivity contribution in [1.82, 2.24) is 10.2 Å². The quantitative estimate of drug-likeness (QED) is 0.848. The normalized spacial score (nSPS) is 23.7.